The fraction of sp³-hybridized carbons (Fsp3) is 0.200. The van der Waals surface area contributed by atoms with E-state index in [-0.39, 0.29) is 36.9 Å². The van der Waals surface area contributed by atoms with E-state index in [0.29, 0.717) is 17.0 Å². The van der Waals surface area contributed by atoms with Crippen molar-refractivity contribution in [2.75, 3.05) is 6.61 Å². The summed E-state index contributed by atoms with van der Waals surface area (Å²) in [6.07, 6.45) is 0.158. The van der Waals surface area contributed by atoms with Gasteiger partial charge < -0.3 is 13.8 Å². The van der Waals surface area contributed by atoms with Crippen LogP contribution in [0, 0.1) is 19.7 Å². The zero-order valence-corrected chi connectivity index (χ0v) is 18.2. The van der Waals surface area contributed by atoms with Gasteiger partial charge in [-0.3, -0.25) is 9.59 Å². The van der Waals surface area contributed by atoms with Crippen LogP contribution in [0.1, 0.15) is 34.1 Å². The molecule has 0 aliphatic rings. The van der Waals surface area contributed by atoms with Crippen molar-refractivity contribution >= 4 is 11.8 Å². The fourth-order valence-corrected chi connectivity index (χ4v) is 3.60. The molecule has 8 heteroatoms. The molecule has 0 spiro atoms. The highest BCUT2D eigenvalue weighted by Crippen LogP contribution is 2.21. The monoisotopic (exact) mass is 447 g/mol. The number of halogens is 1. The Morgan fingerprint density at radius 3 is 2.52 bits per heavy atom. The van der Waals surface area contributed by atoms with Gasteiger partial charge in [-0.05, 0) is 56.3 Å². The van der Waals surface area contributed by atoms with E-state index >= 15 is 0 Å². The van der Waals surface area contributed by atoms with Crippen molar-refractivity contribution in [1.82, 2.24) is 14.7 Å². The third kappa shape index (κ3) is 5.06. The maximum atomic E-state index is 13.0. The quantitative estimate of drug-likeness (QED) is 0.289. The SMILES string of the molecule is Cc1cc(C(=O)COC(=O)CCc2nc(-c3ccc(F)cc3)no2)c(C)n1-c1ccccc1. The molecule has 2 aromatic carbocycles. The van der Waals surface area contributed by atoms with E-state index in [4.69, 9.17) is 9.26 Å². The Morgan fingerprint density at radius 2 is 1.79 bits per heavy atom. The predicted octanol–water partition coefficient (Wildman–Crippen LogP) is 4.64. The van der Waals surface area contributed by atoms with Crippen molar-refractivity contribution in [2.45, 2.75) is 26.7 Å². The maximum absolute atomic E-state index is 13.0. The number of ether oxygens (including phenoxy) is 1. The van der Waals surface area contributed by atoms with Crippen LogP contribution in [0.5, 0.6) is 0 Å². The standard InChI is InChI=1S/C25H22FN3O4/c1-16-14-21(17(2)29(16)20-6-4-3-5-7-20)22(30)15-32-24(31)13-12-23-27-25(28-33-23)18-8-10-19(26)11-9-18/h3-11,14H,12-13,15H2,1-2H3. The Hall–Kier alpha value is -4.07. The summed E-state index contributed by atoms with van der Waals surface area (Å²) in [5.41, 5.74) is 3.79. The van der Waals surface area contributed by atoms with Gasteiger partial charge in [0.1, 0.15) is 5.82 Å². The number of carbonyl (C=O) groups excluding carboxylic acids is 2. The molecule has 0 saturated heterocycles. The molecule has 0 saturated carbocycles. The van der Waals surface area contributed by atoms with Crippen LogP contribution in [0.2, 0.25) is 0 Å². The van der Waals surface area contributed by atoms with E-state index in [1.54, 1.807) is 18.2 Å². The summed E-state index contributed by atoms with van der Waals surface area (Å²) < 4.78 is 25.3. The molecular formula is C25H22FN3O4. The number of nitrogens with zero attached hydrogens (tertiary/aromatic N) is 3. The number of hydrogen-bond donors (Lipinski definition) is 0. The van der Waals surface area contributed by atoms with Crippen molar-refractivity contribution < 1.29 is 23.2 Å². The zero-order chi connectivity index (χ0) is 23.4. The van der Waals surface area contributed by atoms with Crippen molar-refractivity contribution in [1.29, 1.82) is 0 Å². The van der Waals surface area contributed by atoms with Crippen LogP contribution in [0.15, 0.2) is 65.2 Å². The van der Waals surface area contributed by atoms with Crippen LogP contribution in [0.4, 0.5) is 4.39 Å². The molecule has 4 aromatic rings. The smallest absolute Gasteiger partial charge is 0.306 e. The summed E-state index contributed by atoms with van der Waals surface area (Å²) >= 11 is 0. The first-order valence-electron chi connectivity index (χ1n) is 10.4. The fourth-order valence-electron chi connectivity index (χ4n) is 3.60. The summed E-state index contributed by atoms with van der Waals surface area (Å²) in [6, 6.07) is 17.2. The Balaban J connectivity index is 1.32. The minimum Gasteiger partial charge on any atom is -0.457 e. The molecule has 33 heavy (non-hydrogen) atoms. The molecule has 0 aliphatic carbocycles. The molecule has 0 bridgehead atoms. The lowest BCUT2D eigenvalue weighted by Crippen LogP contribution is -2.15. The van der Waals surface area contributed by atoms with Gasteiger partial charge in [0.15, 0.2) is 6.61 Å². The molecule has 0 radical (unpaired) electrons. The van der Waals surface area contributed by atoms with Gasteiger partial charge in [-0.25, -0.2) is 4.39 Å². The van der Waals surface area contributed by atoms with E-state index in [1.807, 2.05) is 48.7 Å². The molecule has 0 N–H and O–H groups in total. The summed E-state index contributed by atoms with van der Waals surface area (Å²) in [5, 5.41) is 3.84. The molecule has 7 nitrogen and oxygen atoms in total. The van der Waals surface area contributed by atoms with Crippen LogP contribution >= 0.6 is 0 Å². The number of esters is 1. The maximum Gasteiger partial charge on any atom is 0.306 e. The first-order valence-corrected chi connectivity index (χ1v) is 10.4. The van der Waals surface area contributed by atoms with Gasteiger partial charge in [-0.15, -0.1) is 0 Å². The van der Waals surface area contributed by atoms with Crippen molar-refractivity contribution in [3.8, 4) is 17.1 Å². The average molecular weight is 447 g/mol. The Kier molecular flexibility index (Phi) is 6.44. The summed E-state index contributed by atoms with van der Waals surface area (Å²) in [4.78, 5) is 29.0. The highest BCUT2D eigenvalue weighted by Gasteiger charge is 2.18. The Bertz CT molecular complexity index is 1280. The lowest BCUT2D eigenvalue weighted by Gasteiger charge is -2.09. The van der Waals surface area contributed by atoms with Crippen LogP contribution < -0.4 is 0 Å². The lowest BCUT2D eigenvalue weighted by molar-refractivity contribution is -0.142. The zero-order valence-electron chi connectivity index (χ0n) is 18.2. The van der Waals surface area contributed by atoms with Crippen LogP contribution in [0.3, 0.4) is 0 Å². The topological polar surface area (TPSA) is 87.2 Å². The van der Waals surface area contributed by atoms with Gasteiger partial charge in [-0.2, -0.15) is 4.98 Å². The average Bonchev–Trinajstić information content (AvgIpc) is 3.41. The second kappa shape index (κ2) is 9.60. The molecule has 2 aromatic heterocycles. The second-order valence-electron chi connectivity index (χ2n) is 7.56. The Labute approximate surface area is 189 Å². The van der Waals surface area contributed by atoms with Gasteiger partial charge in [0.05, 0.1) is 6.42 Å². The normalized spacial score (nSPS) is 10.9. The first-order chi connectivity index (χ1) is 15.9. The molecule has 168 valence electrons. The van der Waals surface area contributed by atoms with Gasteiger partial charge in [0.25, 0.3) is 0 Å². The molecule has 0 aliphatic heterocycles. The second-order valence-corrected chi connectivity index (χ2v) is 7.56. The number of para-hydroxylation sites is 1. The number of Topliss-reactive ketones (excluding diaryl/α,β-unsaturated/α-hetero) is 1. The Morgan fingerprint density at radius 1 is 1.06 bits per heavy atom. The predicted molar refractivity (Wildman–Crippen MR) is 119 cm³/mol. The van der Waals surface area contributed by atoms with Gasteiger partial charge >= 0.3 is 5.97 Å². The van der Waals surface area contributed by atoms with Crippen molar-refractivity contribution in [3.05, 3.63) is 89.3 Å². The van der Waals surface area contributed by atoms with Gasteiger partial charge in [0.2, 0.25) is 17.5 Å². The van der Waals surface area contributed by atoms with E-state index < -0.39 is 5.97 Å². The first kappa shape index (κ1) is 22.1. The van der Waals surface area contributed by atoms with E-state index in [0.717, 1.165) is 17.1 Å². The highest BCUT2D eigenvalue weighted by molar-refractivity contribution is 5.99. The van der Waals surface area contributed by atoms with Gasteiger partial charge in [0, 0.05) is 34.6 Å². The lowest BCUT2D eigenvalue weighted by atomic mass is 10.1. The number of benzene rings is 2. The van der Waals surface area contributed by atoms with Crippen molar-refractivity contribution in [3.63, 3.8) is 0 Å². The largest absolute Gasteiger partial charge is 0.457 e. The highest BCUT2D eigenvalue weighted by atomic mass is 19.1. The molecule has 0 unspecified atom stereocenters. The van der Waals surface area contributed by atoms with E-state index in [2.05, 4.69) is 10.1 Å². The summed E-state index contributed by atoms with van der Waals surface area (Å²) in [5.74, 6) is -0.607. The molecule has 0 amide bonds. The number of ketones is 1. The third-order valence-corrected chi connectivity index (χ3v) is 5.22. The minimum absolute atomic E-state index is 0.0125. The molecule has 2 heterocycles. The molecule has 0 atom stereocenters. The number of carbonyl (C=O) groups is 2. The van der Waals surface area contributed by atoms with E-state index in [9.17, 15) is 14.0 Å². The van der Waals surface area contributed by atoms with Crippen LogP contribution in [0.25, 0.3) is 17.1 Å². The van der Waals surface area contributed by atoms with Gasteiger partial charge in [-0.1, -0.05) is 23.4 Å². The number of aryl methyl sites for hydroxylation is 2. The number of rotatable bonds is 8. The summed E-state index contributed by atoms with van der Waals surface area (Å²) in [6.45, 7) is 3.44. The molecular weight excluding hydrogens is 425 g/mol. The third-order valence-electron chi connectivity index (χ3n) is 5.22. The minimum atomic E-state index is -0.540. The van der Waals surface area contributed by atoms with Crippen LogP contribution in [-0.2, 0) is 16.0 Å². The van der Waals surface area contributed by atoms with Crippen LogP contribution in [-0.4, -0.2) is 33.1 Å². The molecule has 4 rings (SSSR count). The number of hydrogen-bond acceptors (Lipinski definition) is 6. The molecule has 0 fully saturated rings. The summed E-state index contributed by atoms with van der Waals surface area (Å²) in [7, 11) is 0. The van der Waals surface area contributed by atoms with E-state index in [1.165, 1.54) is 12.1 Å². The van der Waals surface area contributed by atoms with Crippen molar-refractivity contribution in [2.24, 2.45) is 0 Å². The number of aromatic nitrogens is 3.